The van der Waals surface area contributed by atoms with Crippen LogP contribution in [0, 0.1) is 6.92 Å². The van der Waals surface area contributed by atoms with Crippen molar-refractivity contribution in [3.63, 3.8) is 0 Å². The third-order valence-electron chi connectivity index (χ3n) is 2.17. The molecule has 0 amide bonds. The first kappa shape index (κ1) is 12.7. The molecule has 5 nitrogen and oxygen atoms in total. The number of nitrogens with two attached hydrogens (primary N) is 1. The van der Waals surface area contributed by atoms with Crippen molar-refractivity contribution < 1.29 is 4.74 Å². The first-order chi connectivity index (χ1) is 7.71. The highest BCUT2D eigenvalue weighted by molar-refractivity contribution is 5.34. The summed E-state index contributed by atoms with van der Waals surface area (Å²) in [6, 6.07) is 1.84. The molecule has 1 rings (SSSR count). The van der Waals surface area contributed by atoms with Gasteiger partial charge in [0.05, 0.1) is 6.61 Å². The maximum absolute atomic E-state index is 5.55. The lowest BCUT2D eigenvalue weighted by Gasteiger charge is -2.20. The lowest BCUT2D eigenvalue weighted by molar-refractivity contribution is 0.326. The monoisotopic (exact) mass is 224 g/mol. The van der Waals surface area contributed by atoms with Crippen molar-refractivity contribution in [3.8, 4) is 5.88 Å². The van der Waals surface area contributed by atoms with Crippen LogP contribution in [0.1, 0.15) is 19.5 Å². The first-order valence-electron chi connectivity index (χ1n) is 5.64. The van der Waals surface area contributed by atoms with E-state index in [4.69, 9.17) is 10.5 Å². The predicted octanol–water partition coefficient (Wildman–Crippen LogP) is 0.969. The largest absolute Gasteiger partial charge is 0.478 e. The summed E-state index contributed by atoms with van der Waals surface area (Å²) in [5, 5.41) is 0. The van der Waals surface area contributed by atoms with Gasteiger partial charge in [-0.3, -0.25) is 0 Å². The van der Waals surface area contributed by atoms with Gasteiger partial charge in [-0.1, -0.05) is 0 Å². The number of likely N-dealkylation sites (N-methyl/N-ethyl adjacent to an activating group) is 1. The second kappa shape index (κ2) is 6.27. The van der Waals surface area contributed by atoms with E-state index >= 15 is 0 Å². The average molecular weight is 224 g/mol. The van der Waals surface area contributed by atoms with E-state index in [1.54, 1.807) is 0 Å². The van der Waals surface area contributed by atoms with Gasteiger partial charge in [-0.25, -0.2) is 4.98 Å². The Bertz CT molecular complexity index is 330. The second-order valence-electron chi connectivity index (χ2n) is 3.45. The van der Waals surface area contributed by atoms with Crippen molar-refractivity contribution >= 4 is 5.95 Å². The Morgan fingerprint density at radius 2 is 2.12 bits per heavy atom. The fraction of sp³-hybridized carbons (Fsp3) is 0.636. The molecular formula is C11H20N4O. The van der Waals surface area contributed by atoms with E-state index in [1.165, 1.54) is 0 Å². The number of rotatable bonds is 6. The van der Waals surface area contributed by atoms with Crippen LogP contribution < -0.4 is 15.4 Å². The van der Waals surface area contributed by atoms with Crippen molar-refractivity contribution in [2.75, 3.05) is 31.1 Å². The van der Waals surface area contributed by atoms with Crippen LogP contribution in [0.15, 0.2) is 6.07 Å². The van der Waals surface area contributed by atoms with E-state index < -0.39 is 0 Å². The molecule has 0 bridgehead atoms. The summed E-state index contributed by atoms with van der Waals surface area (Å²) in [4.78, 5) is 10.8. The van der Waals surface area contributed by atoms with Gasteiger partial charge in [0, 0.05) is 31.4 Å². The highest BCUT2D eigenvalue weighted by atomic mass is 16.5. The molecule has 5 heteroatoms. The summed E-state index contributed by atoms with van der Waals surface area (Å²) in [6.45, 7) is 8.73. The minimum Gasteiger partial charge on any atom is -0.478 e. The molecule has 0 aliphatic carbocycles. The van der Waals surface area contributed by atoms with Gasteiger partial charge in [-0.15, -0.1) is 0 Å². The lowest BCUT2D eigenvalue weighted by atomic mass is 10.4. The van der Waals surface area contributed by atoms with Gasteiger partial charge in [-0.2, -0.15) is 4.98 Å². The Labute approximate surface area is 96.6 Å². The van der Waals surface area contributed by atoms with Crippen LogP contribution in [0.4, 0.5) is 5.95 Å². The van der Waals surface area contributed by atoms with Gasteiger partial charge in [0.2, 0.25) is 11.8 Å². The number of ether oxygens (including phenoxy) is 1. The van der Waals surface area contributed by atoms with Crippen molar-refractivity contribution in [2.24, 2.45) is 5.73 Å². The molecular weight excluding hydrogens is 204 g/mol. The number of aryl methyl sites for hydroxylation is 1. The Hall–Kier alpha value is -1.36. The van der Waals surface area contributed by atoms with E-state index in [0.29, 0.717) is 25.0 Å². The number of hydrogen-bond acceptors (Lipinski definition) is 5. The van der Waals surface area contributed by atoms with Crippen LogP contribution >= 0.6 is 0 Å². The zero-order valence-corrected chi connectivity index (χ0v) is 10.2. The van der Waals surface area contributed by atoms with E-state index in [9.17, 15) is 0 Å². The zero-order chi connectivity index (χ0) is 12.0. The van der Waals surface area contributed by atoms with Gasteiger partial charge in [-0.05, 0) is 20.8 Å². The molecule has 1 heterocycles. The summed E-state index contributed by atoms with van der Waals surface area (Å²) >= 11 is 0. The minimum atomic E-state index is 0.592. The molecule has 0 fully saturated rings. The smallest absolute Gasteiger partial charge is 0.228 e. The molecule has 2 N–H and O–H groups in total. The van der Waals surface area contributed by atoms with E-state index in [1.807, 2.05) is 24.8 Å². The van der Waals surface area contributed by atoms with Crippen LogP contribution in [-0.2, 0) is 0 Å². The predicted molar refractivity (Wildman–Crippen MR) is 64.9 cm³/mol. The third-order valence-corrected chi connectivity index (χ3v) is 2.17. The molecule has 0 radical (unpaired) electrons. The normalized spacial score (nSPS) is 10.2. The van der Waals surface area contributed by atoms with Gasteiger partial charge >= 0.3 is 0 Å². The Balaban J connectivity index is 2.92. The van der Waals surface area contributed by atoms with E-state index in [0.717, 1.165) is 18.8 Å². The third kappa shape index (κ3) is 3.34. The van der Waals surface area contributed by atoms with E-state index in [2.05, 4.69) is 16.9 Å². The Morgan fingerprint density at radius 3 is 2.69 bits per heavy atom. The second-order valence-corrected chi connectivity index (χ2v) is 3.45. The highest BCUT2D eigenvalue weighted by Crippen LogP contribution is 2.14. The maximum Gasteiger partial charge on any atom is 0.228 e. The van der Waals surface area contributed by atoms with Gasteiger partial charge in [0.25, 0.3) is 0 Å². The topological polar surface area (TPSA) is 64.3 Å². The first-order valence-corrected chi connectivity index (χ1v) is 5.64. The van der Waals surface area contributed by atoms with Gasteiger partial charge < -0.3 is 15.4 Å². The number of nitrogens with zero attached hydrogens (tertiary/aromatic N) is 3. The molecule has 0 atom stereocenters. The van der Waals surface area contributed by atoms with Gasteiger partial charge in [0.1, 0.15) is 0 Å². The quantitative estimate of drug-likeness (QED) is 0.780. The molecule has 0 spiro atoms. The maximum atomic E-state index is 5.55. The fourth-order valence-electron chi connectivity index (χ4n) is 1.44. The average Bonchev–Trinajstić information content (AvgIpc) is 2.25. The van der Waals surface area contributed by atoms with Crippen LogP contribution in [0.25, 0.3) is 0 Å². The molecule has 1 aromatic rings. The summed E-state index contributed by atoms with van der Waals surface area (Å²) in [5.74, 6) is 1.32. The standard InChI is InChI=1S/C11H20N4O/c1-4-15(7-6-12)11-13-9(3)8-10(14-11)16-5-2/h8H,4-7,12H2,1-3H3. The van der Waals surface area contributed by atoms with Crippen LogP contribution in [0.5, 0.6) is 5.88 Å². The number of hydrogen-bond donors (Lipinski definition) is 1. The van der Waals surface area contributed by atoms with Gasteiger partial charge in [0.15, 0.2) is 0 Å². The molecule has 0 saturated heterocycles. The SMILES string of the molecule is CCOc1cc(C)nc(N(CC)CCN)n1. The van der Waals surface area contributed by atoms with Crippen molar-refractivity contribution in [1.82, 2.24) is 9.97 Å². The summed E-state index contributed by atoms with van der Waals surface area (Å²) in [7, 11) is 0. The van der Waals surface area contributed by atoms with Crippen LogP contribution in [0.3, 0.4) is 0 Å². The molecule has 0 saturated carbocycles. The Kier molecular flexibility index (Phi) is 4.98. The van der Waals surface area contributed by atoms with E-state index in [-0.39, 0.29) is 0 Å². The molecule has 0 aliphatic heterocycles. The fourth-order valence-corrected chi connectivity index (χ4v) is 1.44. The molecule has 0 aromatic carbocycles. The van der Waals surface area contributed by atoms with Crippen LogP contribution in [0.2, 0.25) is 0 Å². The molecule has 0 unspecified atom stereocenters. The highest BCUT2D eigenvalue weighted by Gasteiger charge is 2.09. The molecule has 0 aliphatic rings. The summed E-state index contributed by atoms with van der Waals surface area (Å²) in [5.41, 5.74) is 6.46. The number of aromatic nitrogens is 2. The Morgan fingerprint density at radius 1 is 1.38 bits per heavy atom. The van der Waals surface area contributed by atoms with Crippen molar-refractivity contribution in [2.45, 2.75) is 20.8 Å². The minimum absolute atomic E-state index is 0.592. The van der Waals surface area contributed by atoms with Crippen molar-refractivity contribution in [1.29, 1.82) is 0 Å². The lowest BCUT2D eigenvalue weighted by Crippen LogP contribution is -2.30. The molecule has 1 aromatic heterocycles. The summed E-state index contributed by atoms with van der Waals surface area (Å²) < 4.78 is 5.39. The summed E-state index contributed by atoms with van der Waals surface area (Å²) in [6.07, 6.45) is 0. The molecule has 16 heavy (non-hydrogen) atoms. The number of anilines is 1. The van der Waals surface area contributed by atoms with Crippen LogP contribution in [-0.4, -0.2) is 36.2 Å². The van der Waals surface area contributed by atoms with Crippen molar-refractivity contribution in [3.05, 3.63) is 11.8 Å². The molecule has 90 valence electrons. The zero-order valence-electron chi connectivity index (χ0n) is 10.2.